The van der Waals surface area contributed by atoms with Crippen LogP contribution in [0.3, 0.4) is 0 Å². The number of benzene rings is 2. The number of aromatic hydroxyl groups is 1. The summed E-state index contributed by atoms with van der Waals surface area (Å²) in [6.07, 6.45) is 1.47. The van der Waals surface area contributed by atoms with Gasteiger partial charge >= 0.3 is 0 Å². The van der Waals surface area contributed by atoms with Gasteiger partial charge in [-0.05, 0) is 64.0 Å². The number of nitrogens with zero attached hydrogens (tertiary/aromatic N) is 1. The van der Waals surface area contributed by atoms with Gasteiger partial charge in [0, 0.05) is 0 Å². The van der Waals surface area contributed by atoms with Crippen molar-refractivity contribution in [2.45, 2.75) is 0 Å². The number of ether oxygens (including phenoxy) is 2. The van der Waals surface area contributed by atoms with E-state index >= 15 is 0 Å². The molecule has 0 radical (unpaired) electrons. The van der Waals surface area contributed by atoms with Gasteiger partial charge in [0.2, 0.25) is 0 Å². The van der Waals surface area contributed by atoms with E-state index in [-0.39, 0.29) is 18.3 Å². The predicted octanol–water partition coefficient (Wildman–Crippen LogP) is 2.69. The summed E-state index contributed by atoms with van der Waals surface area (Å²) in [5, 5.41) is 13.0. The Morgan fingerprint density at radius 1 is 1.30 bits per heavy atom. The highest BCUT2D eigenvalue weighted by Gasteiger charge is 2.06. The van der Waals surface area contributed by atoms with Crippen molar-refractivity contribution in [1.29, 1.82) is 0 Å². The zero-order valence-corrected chi connectivity index (χ0v) is 13.9. The Kier molecular flexibility index (Phi) is 5.99. The fourth-order valence-corrected chi connectivity index (χ4v) is 2.11. The fourth-order valence-electron chi connectivity index (χ4n) is 1.64. The zero-order valence-electron chi connectivity index (χ0n) is 12.3. The molecule has 2 N–H and O–H groups in total. The number of nitrogens with one attached hydrogen (secondary N) is 1. The lowest BCUT2D eigenvalue weighted by Crippen LogP contribution is -2.24. The lowest BCUT2D eigenvalue weighted by atomic mass is 10.2. The lowest BCUT2D eigenvalue weighted by Gasteiger charge is -2.08. The van der Waals surface area contributed by atoms with Crippen molar-refractivity contribution in [1.82, 2.24) is 5.43 Å². The number of hydrogen-bond donors (Lipinski definition) is 2. The number of amides is 1. The second-order valence-electron chi connectivity index (χ2n) is 4.47. The molecule has 0 aliphatic heterocycles. The molecular weight excluding hydrogens is 364 g/mol. The SMILES string of the molecule is COc1ccc(OCC(=O)N/N=C\c2ccc(O)cc2)c(Br)c1. The Balaban J connectivity index is 1.82. The minimum absolute atomic E-state index is 0.169. The first-order chi connectivity index (χ1) is 11.1. The van der Waals surface area contributed by atoms with E-state index in [4.69, 9.17) is 14.6 Å². The molecule has 2 rings (SSSR count). The molecule has 2 aromatic rings. The Labute approximate surface area is 141 Å². The molecule has 0 saturated heterocycles. The number of hydrazone groups is 1. The van der Waals surface area contributed by atoms with E-state index in [1.54, 1.807) is 37.4 Å². The lowest BCUT2D eigenvalue weighted by molar-refractivity contribution is -0.123. The molecule has 0 aliphatic rings. The molecule has 0 spiro atoms. The van der Waals surface area contributed by atoms with Gasteiger partial charge in [0.15, 0.2) is 6.61 Å². The van der Waals surface area contributed by atoms with Crippen molar-refractivity contribution in [3.63, 3.8) is 0 Å². The predicted molar refractivity (Wildman–Crippen MR) is 90.0 cm³/mol. The van der Waals surface area contributed by atoms with Gasteiger partial charge < -0.3 is 14.6 Å². The second-order valence-corrected chi connectivity index (χ2v) is 5.32. The number of halogens is 1. The molecule has 0 fully saturated rings. The van der Waals surface area contributed by atoms with E-state index in [0.29, 0.717) is 16.0 Å². The molecule has 0 aromatic heterocycles. The van der Waals surface area contributed by atoms with Crippen molar-refractivity contribution in [3.8, 4) is 17.2 Å². The third kappa shape index (κ3) is 5.30. The maximum Gasteiger partial charge on any atom is 0.277 e. The van der Waals surface area contributed by atoms with Crippen LogP contribution >= 0.6 is 15.9 Å². The summed E-state index contributed by atoms with van der Waals surface area (Å²) < 4.78 is 11.2. The van der Waals surface area contributed by atoms with Crippen LogP contribution in [0.4, 0.5) is 0 Å². The van der Waals surface area contributed by atoms with Gasteiger partial charge in [-0.15, -0.1) is 0 Å². The summed E-state index contributed by atoms with van der Waals surface area (Å²) >= 11 is 3.34. The Bertz CT molecular complexity index is 702. The van der Waals surface area contributed by atoms with E-state index < -0.39 is 0 Å². The molecule has 7 heteroatoms. The van der Waals surface area contributed by atoms with Crippen LogP contribution in [0.2, 0.25) is 0 Å². The first kappa shape index (κ1) is 16.8. The second kappa shape index (κ2) is 8.19. The summed E-state index contributed by atoms with van der Waals surface area (Å²) in [4.78, 5) is 11.7. The Morgan fingerprint density at radius 2 is 2.04 bits per heavy atom. The van der Waals surface area contributed by atoms with Crippen molar-refractivity contribution < 1.29 is 19.4 Å². The first-order valence-electron chi connectivity index (χ1n) is 6.66. The van der Waals surface area contributed by atoms with Crippen molar-refractivity contribution >= 4 is 28.1 Å². The number of carbonyl (C=O) groups is 1. The summed E-state index contributed by atoms with van der Waals surface area (Å²) in [6.45, 7) is -0.169. The molecule has 0 aliphatic carbocycles. The monoisotopic (exact) mass is 378 g/mol. The van der Waals surface area contributed by atoms with E-state index in [9.17, 15) is 4.79 Å². The molecule has 0 saturated carbocycles. The molecule has 120 valence electrons. The minimum Gasteiger partial charge on any atom is -0.508 e. The van der Waals surface area contributed by atoms with E-state index in [1.807, 2.05) is 0 Å². The van der Waals surface area contributed by atoms with Crippen LogP contribution in [0, 0.1) is 0 Å². The summed E-state index contributed by atoms with van der Waals surface area (Å²) in [5.41, 5.74) is 3.11. The van der Waals surface area contributed by atoms with Gasteiger partial charge in [-0.3, -0.25) is 4.79 Å². The van der Waals surface area contributed by atoms with Crippen LogP contribution in [-0.2, 0) is 4.79 Å². The highest BCUT2D eigenvalue weighted by Crippen LogP contribution is 2.28. The Morgan fingerprint density at radius 3 is 2.70 bits per heavy atom. The van der Waals surface area contributed by atoms with E-state index in [2.05, 4.69) is 26.5 Å². The van der Waals surface area contributed by atoms with Crippen LogP contribution in [0.1, 0.15) is 5.56 Å². The number of phenolic OH excluding ortho intramolecular Hbond substituents is 1. The third-order valence-electron chi connectivity index (χ3n) is 2.79. The number of methoxy groups -OCH3 is 1. The van der Waals surface area contributed by atoms with E-state index in [0.717, 1.165) is 5.56 Å². The topological polar surface area (TPSA) is 80.2 Å². The molecular formula is C16H15BrN2O4. The quantitative estimate of drug-likeness (QED) is 0.598. The highest BCUT2D eigenvalue weighted by atomic mass is 79.9. The smallest absolute Gasteiger partial charge is 0.277 e. The van der Waals surface area contributed by atoms with Crippen LogP contribution in [0.5, 0.6) is 17.2 Å². The van der Waals surface area contributed by atoms with Crippen LogP contribution < -0.4 is 14.9 Å². The first-order valence-corrected chi connectivity index (χ1v) is 7.45. The fraction of sp³-hybridized carbons (Fsp3) is 0.125. The third-order valence-corrected chi connectivity index (χ3v) is 3.41. The van der Waals surface area contributed by atoms with Gasteiger partial charge in [-0.2, -0.15) is 5.10 Å². The molecule has 0 atom stereocenters. The number of phenols is 1. The van der Waals surface area contributed by atoms with Crippen molar-refractivity contribution in [3.05, 3.63) is 52.5 Å². The van der Waals surface area contributed by atoms with Crippen molar-refractivity contribution in [2.75, 3.05) is 13.7 Å². The van der Waals surface area contributed by atoms with Gasteiger partial charge in [0.25, 0.3) is 5.91 Å². The summed E-state index contributed by atoms with van der Waals surface area (Å²) in [5.74, 6) is 1.00. The zero-order chi connectivity index (χ0) is 16.7. The van der Waals surface area contributed by atoms with Gasteiger partial charge in [-0.25, -0.2) is 5.43 Å². The van der Waals surface area contributed by atoms with Crippen LogP contribution in [0.25, 0.3) is 0 Å². The Hall–Kier alpha value is -2.54. The number of rotatable bonds is 6. The van der Waals surface area contributed by atoms with Crippen LogP contribution in [-0.4, -0.2) is 30.9 Å². The standard InChI is InChI=1S/C16H15BrN2O4/c1-22-13-6-7-15(14(17)8-13)23-10-16(21)19-18-9-11-2-4-12(20)5-3-11/h2-9,20H,10H2,1H3,(H,19,21)/b18-9-. The number of carbonyl (C=O) groups excluding carboxylic acids is 1. The molecule has 0 heterocycles. The number of hydrogen-bond acceptors (Lipinski definition) is 5. The maximum absolute atomic E-state index is 11.7. The molecule has 0 bridgehead atoms. The maximum atomic E-state index is 11.7. The largest absolute Gasteiger partial charge is 0.508 e. The minimum atomic E-state index is -0.386. The molecule has 2 aromatic carbocycles. The molecule has 1 amide bonds. The van der Waals surface area contributed by atoms with E-state index in [1.165, 1.54) is 18.3 Å². The highest BCUT2D eigenvalue weighted by molar-refractivity contribution is 9.10. The average Bonchev–Trinajstić information content (AvgIpc) is 2.55. The normalized spacial score (nSPS) is 10.5. The van der Waals surface area contributed by atoms with Gasteiger partial charge in [0.05, 0.1) is 17.8 Å². The van der Waals surface area contributed by atoms with Gasteiger partial charge in [-0.1, -0.05) is 0 Å². The summed E-state index contributed by atoms with van der Waals surface area (Å²) in [7, 11) is 1.57. The van der Waals surface area contributed by atoms with Crippen molar-refractivity contribution in [2.24, 2.45) is 5.10 Å². The molecule has 0 unspecified atom stereocenters. The molecule has 23 heavy (non-hydrogen) atoms. The molecule has 6 nitrogen and oxygen atoms in total. The van der Waals surface area contributed by atoms with Crippen LogP contribution in [0.15, 0.2) is 52.0 Å². The van der Waals surface area contributed by atoms with Gasteiger partial charge in [0.1, 0.15) is 17.2 Å². The average molecular weight is 379 g/mol. The summed E-state index contributed by atoms with van der Waals surface area (Å²) in [6, 6.07) is 11.6.